The topological polar surface area (TPSA) is 75.1 Å². The van der Waals surface area contributed by atoms with Gasteiger partial charge in [0.1, 0.15) is 6.61 Å². The van der Waals surface area contributed by atoms with Crippen LogP contribution in [0, 0.1) is 5.92 Å². The van der Waals surface area contributed by atoms with E-state index in [0.717, 1.165) is 0 Å². The Morgan fingerprint density at radius 2 is 2.50 bits per heavy atom. The van der Waals surface area contributed by atoms with Crippen molar-refractivity contribution in [2.45, 2.75) is 5.92 Å². The van der Waals surface area contributed by atoms with Crippen LogP contribution in [0.4, 0.5) is 8.78 Å². The van der Waals surface area contributed by atoms with Gasteiger partial charge >= 0.3 is 11.9 Å². The highest BCUT2D eigenvalue weighted by molar-refractivity contribution is 5.79. The number of azide groups is 1. The number of hydrogen-bond acceptors (Lipinski definition) is 3. The Morgan fingerprint density at radius 1 is 1.83 bits per heavy atom. The number of halogens is 2. The van der Waals surface area contributed by atoms with Gasteiger partial charge in [0.05, 0.1) is 5.92 Å². The number of carbonyl (C=O) groups excluding carboxylic acids is 1. The van der Waals surface area contributed by atoms with Crippen molar-refractivity contribution in [2.24, 2.45) is 11.0 Å². The summed E-state index contributed by atoms with van der Waals surface area (Å²) < 4.78 is 29.4. The third-order valence-electron chi connectivity index (χ3n) is 1.57. The van der Waals surface area contributed by atoms with E-state index in [0.29, 0.717) is 0 Å². The van der Waals surface area contributed by atoms with Crippen molar-refractivity contribution in [1.29, 1.82) is 0 Å². The van der Waals surface area contributed by atoms with Crippen molar-refractivity contribution < 1.29 is 18.3 Å². The monoisotopic (exact) mass is 177 g/mol. The van der Waals surface area contributed by atoms with E-state index in [-0.39, 0.29) is 6.61 Å². The van der Waals surface area contributed by atoms with E-state index >= 15 is 0 Å². The molecule has 5 nitrogen and oxygen atoms in total. The molecule has 1 atom stereocenters. The number of ether oxygens (including phenoxy) is 1. The molecular formula is C5H5F2N3O2. The van der Waals surface area contributed by atoms with Gasteiger partial charge in [-0.05, 0) is 5.53 Å². The minimum atomic E-state index is -3.51. The fourth-order valence-corrected chi connectivity index (χ4v) is 0.846. The molecule has 1 aliphatic heterocycles. The molecule has 0 aromatic rings. The highest BCUT2D eigenvalue weighted by atomic mass is 19.3. The lowest BCUT2D eigenvalue weighted by molar-refractivity contribution is -0.159. The van der Waals surface area contributed by atoms with E-state index in [9.17, 15) is 13.6 Å². The van der Waals surface area contributed by atoms with Crippen LogP contribution in [0.15, 0.2) is 5.11 Å². The molecule has 1 fully saturated rings. The van der Waals surface area contributed by atoms with E-state index in [2.05, 4.69) is 14.8 Å². The van der Waals surface area contributed by atoms with E-state index in [4.69, 9.17) is 5.53 Å². The average Bonchev–Trinajstić information content (AvgIpc) is 2.25. The normalized spacial score (nSPS) is 26.2. The summed E-state index contributed by atoms with van der Waals surface area (Å²) in [7, 11) is 0. The van der Waals surface area contributed by atoms with Gasteiger partial charge in [0.25, 0.3) is 0 Å². The molecule has 0 radical (unpaired) electrons. The number of esters is 1. The molecule has 1 saturated heterocycles. The fraction of sp³-hybridized carbons (Fsp3) is 0.800. The zero-order chi connectivity index (χ0) is 9.19. The van der Waals surface area contributed by atoms with Gasteiger partial charge < -0.3 is 4.74 Å². The summed E-state index contributed by atoms with van der Waals surface area (Å²) in [5, 5.41) is 2.95. The molecule has 0 unspecified atom stereocenters. The van der Waals surface area contributed by atoms with Crippen LogP contribution in [0.3, 0.4) is 0 Å². The Morgan fingerprint density at radius 3 is 2.92 bits per heavy atom. The molecule has 0 aliphatic carbocycles. The second-order valence-corrected chi connectivity index (χ2v) is 2.33. The van der Waals surface area contributed by atoms with E-state index in [1.807, 2.05) is 0 Å². The van der Waals surface area contributed by atoms with Gasteiger partial charge in [-0.3, -0.25) is 0 Å². The summed E-state index contributed by atoms with van der Waals surface area (Å²) in [6, 6.07) is 0. The minimum absolute atomic E-state index is 0.384. The summed E-state index contributed by atoms with van der Waals surface area (Å²) in [6.45, 7) is -0.805. The molecule has 7 heteroatoms. The van der Waals surface area contributed by atoms with E-state index < -0.39 is 24.4 Å². The smallest absolute Gasteiger partial charge is 0.377 e. The molecule has 1 rings (SSSR count). The third kappa shape index (κ3) is 1.31. The van der Waals surface area contributed by atoms with Crippen LogP contribution in [0.1, 0.15) is 0 Å². The quantitative estimate of drug-likeness (QED) is 0.274. The highest BCUT2D eigenvalue weighted by Crippen LogP contribution is 2.32. The molecule has 0 spiro atoms. The van der Waals surface area contributed by atoms with Crippen LogP contribution < -0.4 is 0 Å². The third-order valence-corrected chi connectivity index (χ3v) is 1.57. The average molecular weight is 177 g/mol. The highest BCUT2D eigenvalue weighted by Gasteiger charge is 2.54. The molecule has 0 aromatic carbocycles. The van der Waals surface area contributed by atoms with Crippen molar-refractivity contribution in [1.82, 2.24) is 0 Å². The summed E-state index contributed by atoms with van der Waals surface area (Å²) in [6.07, 6.45) is 0. The first-order chi connectivity index (χ1) is 5.59. The predicted molar refractivity (Wildman–Crippen MR) is 33.4 cm³/mol. The molecule has 0 N–H and O–H groups in total. The second kappa shape index (κ2) is 2.94. The molecular weight excluding hydrogens is 172 g/mol. The Hall–Kier alpha value is -1.36. The minimum Gasteiger partial charge on any atom is -0.461 e. The first-order valence-electron chi connectivity index (χ1n) is 3.15. The number of cyclic esters (lactones) is 1. The van der Waals surface area contributed by atoms with Crippen LogP contribution in [-0.2, 0) is 9.53 Å². The zero-order valence-electron chi connectivity index (χ0n) is 5.91. The molecule has 66 valence electrons. The largest absolute Gasteiger partial charge is 0.461 e. The Kier molecular flexibility index (Phi) is 2.14. The van der Waals surface area contributed by atoms with Crippen LogP contribution in [0.25, 0.3) is 10.4 Å². The molecule has 12 heavy (non-hydrogen) atoms. The van der Waals surface area contributed by atoms with Crippen LogP contribution in [0.5, 0.6) is 0 Å². The number of nitrogens with zero attached hydrogens (tertiary/aromatic N) is 3. The van der Waals surface area contributed by atoms with Crippen molar-refractivity contribution in [2.75, 3.05) is 13.2 Å². The summed E-state index contributed by atoms with van der Waals surface area (Å²) in [4.78, 5) is 12.7. The molecule has 1 aliphatic rings. The van der Waals surface area contributed by atoms with Gasteiger partial charge in [0, 0.05) is 11.5 Å². The maximum atomic E-state index is 12.7. The number of hydrogen-bond donors (Lipinski definition) is 0. The SMILES string of the molecule is [N-]=[N+]=NC[C@H]1COC(=O)C1(F)F. The zero-order valence-corrected chi connectivity index (χ0v) is 5.91. The van der Waals surface area contributed by atoms with Crippen molar-refractivity contribution in [3.63, 3.8) is 0 Å². The van der Waals surface area contributed by atoms with Crippen LogP contribution in [0.2, 0.25) is 0 Å². The number of rotatable bonds is 2. The van der Waals surface area contributed by atoms with Gasteiger partial charge in [-0.15, -0.1) is 0 Å². The van der Waals surface area contributed by atoms with Gasteiger partial charge in [0.15, 0.2) is 0 Å². The maximum absolute atomic E-state index is 12.7. The standard InChI is InChI=1S/C5H5F2N3O2/c6-5(7)3(1-9-10-8)2-12-4(5)11/h3H,1-2H2/t3-/m0/s1. The van der Waals surface area contributed by atoms with Crippen LogP contribution >= 0.6 is 0 Å². The Balaban J connectivity index is 2.68. The summed E-state index contributed by atoms with van der Waals surface area (Å²) in [5.74, 6) is -6.37. The van der Waals surface area contributed by atoms with Gasteiger partial charge in [-0.1, -0.05) is 5.11 Å². The van der Waals surface area contributed by atoms with Gasteiger partial charge in [0.2, 0.25) is 0 Å². The maximum Gasteiger partial charge on any atom is 0.377 e. The molecule has 0 aromatic heterocycles. The summed E-state index contributed by atoms with van der Waals surface area (Å²) in [5.41, 5.74) is 7.85. The first-order valence-corrected chi connectivity index (χ1v) is 3.15. The first kappa shape index (κ1) is 8.73. The lowest BCUT2D eigenvalue weighted by atomic mass is 10.1. The number of carbonyl (C=O) groups is 1. The van der Waals surface area contributed by atoms with E-state index in [1.54, 1.807) is 0 Å². The number of alkyl halides is 2. The molecule has 0 amide bonds. The van der Waals surface area contributed by atoms with Crippen LogP contribution in [-0.4, -0.2) is 25.0 Å². The molecule has 0 saturated carbocycles. The molecule has 1 heterocycles. The summed E-state index contributed by atoms with van der Waals surface area (Å²) >= 11 is 0. The predicted octanol–water partition coefficient (Wildman–Crippen LogP) is 1.10. The van der Waals surface area contributed by atoms with Crippen molar-refractivity contribution in [3.8, 4) is 0 Å². The fourth-order valence-electron chi connectivity index (χ4n) is 0.846. The second-order valence-electron chi connectivity index (χ2n) is 2.33. The van der Waals surface area contributed by atoms with Crippen molar-refractivity contribution >= 4 is 5.97 Å². The Labute approximate surface area is 65.9 Å². The lowest BCUT2D eigenvalue weighted by Gasteiger charge is -2.09. The van der Waals surface area contributed by atoms with Gasteiger partial charge in [-0.2, -0.15) is 8.78 Å². The Bertz CT molecular complexity index is 249. The van der Waals surface area contributed by atoms with Crippen molar-refractivity contribution in [3.05, 3.63) is 10.4 Å². The molecule has 0 bridgehead atoms. The van der Waals surface area contributed by atoms with E-state index in [1.165, 1.54) is 0 Å². The van der Waals surface area contributed by atoms with Gasteiger partial charge in [-0.25, -0.2) is 4.79 Å². The lowest BCUT2D eigenvalue weighted by Crippen LogP contribution is -2.32.